The van der Waals surface area contributed by atoms with Crippen LogP contribution in [0.15, 0.2) is 44.8 Å². The molecule has 1 aromatic carbocycles. The lowest BCUT2D eigenvalue weighted by Gasteiger charge is -2.05. The molecule has 2 rings (SSSR count). The van der Waals surface area contributed by atoms with E-state index in [1.165, 1.54) is 35.7 Å². The van der Waals surface area contributed by atoms with Gasteiger partial charge in [-0.25, -0.2) is 13.2 Å². The fourth-order valence-electron chi connectivity index (χ4n) is 1.75. The summed E-state index contributed by atoms with van der Waals surface area (Å²) in [5.74, 6) is -3.89. The molecule has 2 aromatic rings. The maximum Gasteiger partial charge on any atom is 0.372 e. The van der Waals surface area contributed by atoms with Crippen molar-refractivity contribution in [3.63, 3.8) is 0 Å². The molecule has 0 atom stereocenters. The van der Waals surface area contributed by atoms with Gasteiger partial charge in [0, 0.05) is 10.6 Å². The van der Waals surface area contributed by atoms with E-state index in [9.17, 15) is 22.8 Å². The molecular weight excluding hydrogens is 364 g/mol. The van der Waals surface area contributed by atoms with E-state index in [0.29, 0.717) is 5.02 Å². The Morgan fingerprint density at radius 3 is 2.26 bits per heavy atom. The predicted octanol–water partition coefficient (Wildman–Crippen LogP) is 2.46. The van der Waals surface area contributed by atoms with Crippen molar-refractivity contribution in [3.05, 3.63) is 46.3 Å². The molecule has 0 saturated carbocycles. The number of carboxylic acid groups (broad SMARTS) is 1. The summed E-state index contributed by atoms with van der Waals surface area (Å²) in [6.07, 6.45) is -0.894. The maximum absolute atomic E-state index is 12.6. The number of sulfone groups is 1. The van der Waals surface area contributed by atoms with Crippen molar-refractivity contribution < 1.29 is 27.9 Å². The molecule has 0 spiro atoms. The van der Waals surface area contributed by atoms with Gasteiger partial charge in [-0.3, -0.25) is 9.59 Å². The van der Waals surface area contributed by atoms with Crippen molar-refractivity contribution in [1.82, 2.24) is 0 Å². The summed E-state index contributed by atoms with van der Waals surface area (Å²) in [5, 5.41) is 10.3. The van der Waals surface area contributed by atoms with Crippen LogP contribution in [0.4, 0.5) is 0 Å². The lowest BCUT2D eigenvalue weighted by Crippen LogP contribution is -2.18. The molecule has 1 heterocycles. The molecule has 6 nitrogen and oxygen atoms in total. The van der Waals surface area contributed by atoms with E-state index in [1.54, 1.807) is 0 Å². The zero-order valence-electron chi connectivity index (χ0n) is 11.4. The first-order valence-electron chi connectivity index (χ1n) is 6.11. The lowest BCUT2D eigenvalue weighted by molar-refractivity contribution is -0.148. The number of carbonyl (C=O) groups is 3. The summed E-state index contributed by atoms with van der Waals surface area (Å²) in [6.45, 7) is 0. The Morgan fingerprint density at radius 2 is 1.70 bits per heavy atom. The molecule has 120 valence electrons. The molecule has 0 unspecified atom stereocenters. The molecule has 0 aliphatic carbocycles. The number of hydrogen-bond donors (Lipinski definition) is 1. The molecule has 0 bridgehead atoms. The highest BCUT2D eigenvalue weighted by molar-refractivity contribution is 7.93. The Balaban J connectivity index is 2.40. The van der Waals surface area contributed by atoms with Crippen LogP contribution in [0, 0.1) is 0 Å². The first-order chi connectivity index (χ1) is 10.7. The molecule has 23 heavy (non-hydrogen) atoms. The molecule has 0 aliphatic heterocycles. The number of aliphatic carboxylic acids is 1. The Bertz CT molecular complexity index is 880. The quantitative estimate of drug-likeness (QED) is 0.474. The van der Waals surface area contributed by atoms with Crippen LogP contribution in [0.5, 0.6) is 0 Å². The van der Waals surface area contributed by atoms with Crippen LogP contribution in [-0.4, -0.2) is 31.1 Å². The average molecular weight is 373 g/mol. The van der Waals surface area contributed by atoms with Crippen molar-refractivity contribution in [2.75, 3.05) is 0 Å². The number of hydrogen-bond acceptors (Lipinski definition) is 6. The topological polar surface area (TPSA) is 106 Å². The van der Waals surface area contributed by atoms with Crippen molar-refractivity contribution >= 4 is 50.3 Å². The van der Waals surface area contributed by atoms with E-state index < -0.39 is 33.8 Å². The zero-order chi connectivity index (χ0) is 17.2. The normalized spacial score (nSPS) is 11.2. The second kappa shape index (κ2) is 6.61. The Hall–Kier alpha value is -2.03. The van der Waals surface area contributed by atoms with Crippen LogP contribution in [0.25, 0.3) is 0 Å². The van der Waals surface area contributed by atoms with Gasteiger partial charge < -0.3 is 5.11 Å². The summed E-state index contributed by atoms with van der Waals surface area (Å²) in [5.41, 5.74) is -0.195. The van der Waals surface area contributed by atoms with Crippen molar-refractivity contribution in [3.8, 4) is 0 Å². The minimum absolute atomic E-state index is 0.0528. The summed E-state index contributed by atoms with van der Waals surface area (Å²) >= 11 is 6.53. The van der Waals surface area contributed by atoms with Gasteiger partial charge in [-0.1, -0.05) is 11.6 Å². The smallest absolute Gasteiger partial charge is 0.372 e. The van der Waals surface area contributed by atoms with Crippen molar-refractivity contribution in [2.45, 2.75) is 15.5 Å². The fraction of sp³-hybridized carbons (Fsp3) is 0.0714. The number of thiophene rings is 1. The summed E-state index contributed by atoms with van der Waals surface area (Å²) < 4.78 is 24.9. The Morgan fingerprint density at radius 1 is 1.09 bits per heavy atom. The monoisotopic (exact) mass is 372 g/mol. The SMILES string of the molecule is O=C(O)C(=O)CC(=O)c1ccsc1S(=O)(=O)c1ccc(Cl)cc1. The van der Waals surface area contributed by atoms with Crippen molar-refractivity contribution in [1.29, 1.82) is 0 Å². The van der Waals surface area contributed by atoms with Crippen LogP contribution in [-0.2, 0) is 19.4 Å². The zero-order valence-corrected chi connectivity index (χ0v) is 13.7. The van der Waals surface area contributed by atoms with Crippen LogP contribution in [0.2, 0.25) is 5.02 Å². The first-order valence-corrected chi connectivity index (χ1v) is 8.85. The summed E-state index contributed by atoms with van der Waals surface area (Å²) in [6, 6.07) is 6.65. The van der Waals surface area contributed by atoms with Gasteiger partial charge in [-0.05, 0) is 35.7 Å². The largest absolute Gasteiger partial charge is 0.475 e. The van der Waals surface area contributed by atoms with Gasteiger partial charge in [0.1, 0.15) is 4.21 Å². The highest BCUT2D eigenvalue weighted by atomic mass is 35.5. The van der Waals surface area contributed by atoms with Gasteiger partial charge in [-0.2, -0.15) is 0 Å². The Labute approximate surface area is 140 Å². The van der Waals surface area contributed by atoms with E-state index in [0.717, 1.165) is 11.3 Å². The van der Waals surface area contributed by atoms with Crippen LogP contribution < -0.4 is 0 Å². The molecule has 0 radical (unpaired) electrons. The number of carboxylic acids is 1. The highest BCUT2D eigenvalue weighted by Gasteiger charge is 2.28. The fourth-order valence-corrected chi connectivity index (χ4v) is 4.65. The molecular formula is C14H9ClO6S2. The van der Waals surface area contributed by atoms with E-state index in [4.69, 9.17) is 16.7 Å². The molecule has 9 heteroatoms. The van der Waals surface area contributed by atoms with E-state index in [1.807, 2.05) is 0 Å². The third-order valence-corrected chi connectivity index (χ3v) is 6.36. The number of Topliss-reactive ketones (excluding diaryl/α,β-unsaturated/α-hetero) is 2. The van der Waals surface area contributed by atoms with E-state index in [2.05, 4.69) is 0 Å². The van der Waals surface area contributed by atoms with Crippen LogP contribution in [0.1, 0.15) is 16.8 Å². The average Bonchev–Trinajstić information content (AvgIpc) is 2.97. The minimum atomic E-state index is -3.96. The van der Waals surface area contributed by atoms with Gasteiger partial charge in [0.2, 0.25) is 15.6 Å². The van der Waals surface area contributed by atoms with Crippen LogP contribution >= 0.6 is 22.9 Å². The van der Waals surface area contributed by atoms with Crippen LogP contribution in [0.3, 0.4) is 0 Å². The van der Waals surface area contributed by atoms with Gasteiger partial charge in [-0.15, -0.1) is 11.3 Å². The van der Waals surface area contributed by atoms with E-state index >= 15 is 0 Å². The third-order valence-electron chi connectivity index (χ3n) is 2.86. The molecule has 0 amide bonds. The molecule has 0 fully saturated rings. The third kappa shape index (κ3) is 3.66. The first kappa shape index (κ1) is 17.3. The molecule has 0 saturated heterocycles. The van der Waals surface area contributed by atoms with Crippen molar-refractivity contribution in [2.24, 2.45) is 0 Å². The number of rotatable bonds is 6. The molecule has 0 aliphatic rings. The summed E-state index contributed by atoms with van der Waals surface area (Å²) in [4.78, 5) is 33.6. The lowest BCUT2D eigenvalue weighted by atomic mass is 10.1. The number of carbonyl (C=O) groups excluding carboxylic acids is 2. The minimum Gasteiger partial charge on any atom is -0.475 e. The van der Waals surface area contributed by atoms with Gasteiger partial charge in [0.15, 0.2) is 5.78 Å². The highest BCUT2D eigenvalue weighted by Crippen LogP contribution is 2.30. The number of benzene rings is 1. The van der Waals surface area contributed by atoms with E-state index in [-0.39, 0.29) is 14.7 Å². The molecule has 1 N–H and O–H groups in total. The number of ketones is 2. The molecule has 1 aromatic heterocycles. The second-order valence-corrected chi connectivity index (χ2v) is 7.90. The van der Waals surface area contributed by atoms with Gasteiger partial charge in [0.05, 0.1) is 11.3 Å². The van der Waals surface area contributed by atoms with Gasteiger partial charge >= 0.3 is 5.97 Å². The van der Waals surface area contributed by atoms with Gasteiger partial charge in [0.25, 0.3) is 0 Å². The maximum atomic E-state index is 12.6. The number of halogens is 1. The second-order valence-electron chi connectivity index (χ2n) is 4.41. The summed E-state index contributed by atoms with van der Waals surface area (Å²) in [7, 11) is -3.96. The Kier molecular flexibility index (Phi) is 4.98. The standard InChI is InChI=1S/C14H9ClO6S2/c15-8-1-3-9(4-2-8)23(20,21)14-10(5-6-22-14)11(16)7-12(17)13(18)19/h1-6H,7H2,(H,18,19). The predicted molar refractivity (Wildman–Crippen MR) is 82.8 cm³/mol.